The summed E-state index contributed by atoms with van der Waals surface area (Å²) in [5.41, 5.74) is 4.18. The van der Waals surface area contributed by atoms with Crippen molar-refractivity contribution in [3.63, 3.8) is 0 Å². The zero-order chi connectivity index (χ0) is 9.26. The number of nitrogens with one attached hydrogen (secondary N) is 1. The third kappa shape index (κ3) is 1.95. The lowest BCUT2D eigenvalue weighted by Gasteiger charge is -2.06. The Kier molecular flexibility index (Phi) is 2.14. The SMILES string of the molecule is NNc1cnc(F)cc1CC1CC1. The van der Waals surface area contributed by atoms with E-state index < -0.39 is 5.95 Å². The Bertz CT molecular complexity index is 310. The van der Waals surface area contributed by atoms with Gasteiger partial charge in [-0.15, -0.1) is 0 Å². The molecule has 0 bridgehead atoms. The van der Waals surface area contributed by atoms with Gasteiger partial charge in [0.2, 0.25) is 5.95 Å². The lowest BCUT2D eigenvalue weighted by atomic mass is 10.1. The van der Waals surface area contributed by atoms with E-state index in [0.717, 1.165) is 17.7 Å². The van der Waals surface area contributed by atoms with Crippen LogP contribution in [-0.2, 0) is 6.42 Å². The number of hydrogen-bond acceptors (Lipinski definition) is 3. The molecule has 1 saturated carbocycles. The minimum Gasteiger partial charge on any atom is -0.322 e. The van der Waals surface area contributed by atoms with Crippen molar-refractivity contribution >= 4 is 5.69 Å². The van der Waals surface area contributed by atoms with Crippen molar-refractivity contribution in [3.05, 3.63) is 23.8 Å². The van der Waals surface area contributed by atoms with Crippen LogP contribution in [0.5, 0.6) is 0 Å². The third-order valence-electron chi connectivity index (χ3n) is 2.32. The summed E-state index contributed by atoms with van der Waals surface area (Å²) >= 11 is 0. The monoisotopic (exact) mass is 181 g/mol. The standard InChI is InChI=1S/C9H12FN3/c10-9-4-7(3-6-1-2-6)8(13-11)5-12-9/h4-6,13H,1-3,11H2. The maximum Gasteiger partial charge on any atom is 0.213 e. The number of rotatable bonds is 3. The molecule has 0 saturated heterocycles. The number of nitrogens with zero attached hydrogens (tertiary/aromatic N) is 1. The molecule has 0 unspecified atom stereocenters. The second-order valence-corrected chi connectivity index (χ2v) is 3.46. The normalized spacial score (nSPS) is 15.8. The maximum atomic E-state index is 12.8. The molecular formula is C9H12FN3. The summed E-state index contributed by atoms with van der Waals surface area (Å²) in [7, 11) is 0. The van der Waals surface area contributed by atoms with Gasteiger partial charge in [0.1, 0.15) is 0 Å². The summed E-state index contributed by atoms with van der Waals surface area (Å²) in [6.07, 6.45) is 4.83. The van der Waals surface area contributed by atoms with Crippen molar-refractivity contribution in [1.29, 1.82) is 0 Å². The van der Waals surface area contributed by atoms with Crippen molar-refractivity contribution in [2.75, 3.05) is 5.43 Å². The smallest absolute Gasteiger partial charge is 0.213 e. The molecule has 3 nitrogen and oxygen atoms in total. The van der Waals surface area contributed by atoms with Crippen molar-refractivity contribution in [3.8, 4) is 0 Å². The molecule has 1 aliphatic carbocycles. The molecule has 0 amide bonds. The van der Waals surface area contributed by atoms with E-state index in [0.29, 0.717) is 5.92 Å². The molecule has 4 heteroatoms. The predicted octanol–water partition coefficient (Wildman–Crippen LogP) is 1.46. The quantitative estimate of drug-likeness (QED) is 0.421. The fraction of sp³-hybridized carbons (Fsp3) is 0.444. The van der Waals surface area contributed by atoms with Gasteiger partial charge >= 0.3 is 0 Å². The number of hydrogen-bond donors (Lipinski definition) is 2. The third-order valence-corrected chi connectivity index (χ3v) is 2.32. The Morgan fingerprint density at radius 1 is 1.62 bits per heavy atom. The topological polar surface area (TPSA) is 50.9 Å². The zero-order valence-corrected chi connectivity index (χ0v) is 7.26. The van der Waals surface area contributed by atoms with Crippen molar-refractivity contribution in [1.82, 2.24) is 4.98 Å². The fourth-order valence-electron chi connectivity index (χ4n) is 1.40. The first-order valence-corrected chi connectivity index (χ1v) is 4.40. The number of pyridine rings is 1. The van der Waals surface area contributed by atoms with Crippen molar-refractivity contribution < 1.29 is 4.39 Å². The zero-order valence-electron chi connectivity index (χ0n) is 7.26. The van der Waals surface area contributed by atoms with Crippen LogP contribution in [0.1, 0.15) is 18.4 Å². The van der Waals surface area contributed by atoms with Crippen molar-refractivity contribution in [2.45, 2.75) is 19.3 Å². The summed E-state index contributed by atoms with van der Waals surface area (Å²) in [5, 5.41) is 0. The maximum absolute atomic E-state index is 12.8. The predicted molar refractivity (Wildman–Crippen MR) is 48.4 cm³/mol. The first-order valence-electron chi connectivity index (χ1n) is 4.40. The lowest BCUT2D eigenvalue weighted by molar-refractivity contribution is 0.580. The summed E-state index contributed by atoms with van der Waals surface area (Å²) in [6.45, 7) is 0. The highest BCUT2D eigenvalue weighted by molar-refractivity contribution is 5.48. The Morgan fingerprint density at radius 2 is 2.38 bits per heavy atom. The van der Waals surface area contributed by atoms with Gasteiger partial charge in [0.05, 0.1) is 11.9 Å². The highest BCUT2D eigenvalue weighted by Gasteiger charge is 2.22. The molecule has 70 valence electrons. The van der Waals surface area contributed by atoms with E-state index in [-0.39, 0.29) is 0 Å². The van der Waals surface area contributed by atoms with Gasteiger partial charge in [0, 0.05) is 0 Å². The summed E-state index contributed by atoms with van der Waals surface area (Å²) in [4.78, 5) is 3.53. The van der Waals surface area contributed by atoms with E-state index in [9.17, 15) is 4.39 Å². The fourth-order valence-corrected chi connectivity index (χ4v) is 1.40. The molecule has 3 N–H and O–H groups in total. The number of nitrogen functional groups attached to an aromatic ring is 1. The van der Waals surface area contributed by atoms with Crippen LogP contribution in [0.25, 0.3) is 0 Å². The van der Waals surface area contributed by atoms with Crippen LogP contribution in [0.2, 0.25) is 0 Å². The van der Waals surface area contributed by atoms with E-state index in [1.807, 2.05) is 0 Å². The highest BCUT2D eigenvalue weighted by atomic mass is 19.1. The minimum absolute atomic E-state index is 0.436. The molecule has 1 aromatic heterocycles. The van der Waals surface area contributed by atoms with E-state index in [4.69, 9.17) is 5.84 Å². The van der Waals surface area contributed by atoms with Gasteiger partial charge < -0.3 is 5.43 Å². The number of hydrazine groups is 1. The average Bonchev–Trinajstić information content (AvgIpc) is 2.89. The molecule has 0 aliphatic heterocycles. The number of anilines is 1. The van der Waals surface area contributed by atoms with Gasteiger partial charge in [0.15, 0.2) is 0 Å². The van der Waals surface area contributed by atoms with Crippen LogP contribution in [0.3, 0.4) is 0 Å². The molecule has 0 spiro atoms. The van der Waals surface area contributed by atoms with Crippen LogP contribution in [0, 0.1) is 11.9 Å². The lowest BCUT2D eigenvalue weighted by Crippen LogP contribution is -2.10. The van der Waals surface area contributed by atoms with E-state index in [1.54, 1.807) is 0 Å². The highest BCUT2D eigenvalue weighted by Crippen LogP contribution is 2.34. The van der Waals surface area contributed by atoms with Gasteiger partial charge in [-0.25, -0.2) is 4.98 Å². The van der Waals surface area contributed by atoms with Crippen LogP contribution >= 0.6 is 0 Å². The second-order valence-electron chi connectivity index (χ2n) is 3.46. The molecule has 1 heterocycles. The van der Waals surface area contributed by atoms with Gasteiger partial charge in [-0.2, -0.15) is 4.39 Å². The number of aromatic nitrogens is 1. The van der Waals surface area contributed by atoms with Crippen molar-refractivity contribution in [2.24, 2.45) is 11.8 Å². The Hall–Kier alpha value is -1.16. The van der Waals surface area contributed by atoms with Crippen LogP contribution < -0.4 is 11.3 Å². The van der Waals surface area contributed by atoms with Gasteiger partial charge in [-0.3, -0.25) is 5.84 Å². The molecule has 0 atom stereocenters. The molecule has 1 aliphatic rings. The Balaban J connectivity index is 2.22. The van der Waals surface area contributed by atoms with Gasteiger partial charge in [-0.05, 0) is 36.8 Å². The summed E-state index contributed by atoms with van der Waals surface area (Å²) in [5.74, 6) is 5.57. The molecule has 0 radical (unpaired) electrons. The number of halogens is 1. The first kappa shape index (κ1) is 8.44. The molecule has 1 fully saturated rings. The van der Waals surface area contributed by atoms with Gasteiger partial charge in [0.25, 0.3) is 0 Å². The van der Waals surface area contributed by atoms with Crippen LogP contribution in [0.4, 0.5) is 10.1 Å². The largest absolute Gasteiger partial charge is 0.322 e. The molecule has 13 heavy (non-hydrogen) atoms. The Morgan fingerprint density at radius 3 is 3.00 bits per heavy atom. The summed E-state index contributed by atoms with van der Waals surface area (Å²) in [6, 6.07) is 1.45. The second kappa shape index (κ2) is 3.30. The number of nitrogens with two attached hydrogens (primary N) is 1. The molecule has 2 rings (SSSR count). The average molecular weight is 181 g/mol. The first-order chi connectivity index (χ1) is 6.29. The summed E-state index contributed by atoms with van der Waals surface area (Å²) < 4.78 is 12.8. The van der Waals surface area contributed by atoms with Crippen LogP contribution in [0.15, 0.2) is 12.3 Å². The van der Waals surface area contributed by atoms with Gasteiger partial charge in [-0.1, -0.05) is 0 Å². The minimum atomic E-state index is -0.436. The van der Waals surface area contributed by atoms with Crippen LogP contribution in [-0.4, -0.2) is 4.98 Å². The van der Waals surface area contributed by atoms with E-state index in [2.05, 4.69) is 10.4 Å². The van der Waals surface area contributed by atoms with E-state index in [1.165, 1.54) is 25.1 Å². The molecule has 0 aromatic carbocycles. The molecule has 1 aromatic rings. The van der Waals surface area contributed by atoms with E-state index >= 15 is 0 Å². The Labute approximate surface area is 76.1 Å². The molecular weight excluding hydrogens is 169 g/mol.